The molecule has 0 unspecified atom stereocenters. The molecule has 19 heavy (non-hydrogen) atoms. The third kappa shape index (κ3) is 3.19. The number of hydrogen-bond acceptors (Lipinski definition) is 3. The second-order valence-corrected chi connectivity index (χ2v) is 5.26. The van der Waals surface area contributed by atoms with Crippen molar-refractivity contribution in [2.24, 2.45) is 0 Å². The maximum atomic E-state index is 12.4. The molecular weight excluding hydrogens is 242 g/mol. The quantitative estimate of drug-likeness (QED) is 0.637. The summed E-state index contributed by atoms with van der Waals surface area (Å²) in [5, 5.41) is 19.2. The van der Waals surface area contributed by atoms with Gasteiger partial charge in [0.1, 0.15) is 11.5 Å². The van der Waals surface area contributed by atoms with Crippen LogP contribution >= 0.6 is 0 Å². The van der Waals surface area contributed by atoms with Crippen LogP contribution in [0.3, 0.4) is 0 Å². The normalized spacial score (nSPS) is 16.9. The summed E-state index contributed by atoms with van der Waals surface area (Å²) in [4.78, 5) is 14.1. The number of aromatic hydroxyl groups is 2. The van der Waals surface area contributed by atoms with Crippen molar-refractivity contribution in [2.75, 3.05) is 7.05 Å². The van der Waals surface area contributed by atoms with Gasteiger partial charge in [0.05, 0.1) is 5.56 Å². The number of rotatable bonds is 2. The van der Waals surface area contributed by atoms with E-state index in [2.05, 4.69) is 0 Å². The topological polar surface area (TPSA) is 60.8 Å². The van der Waals surface area contributed by atoms with Gasteiger partial charge in [-0.15, -0.1) is 0 Å². The summed E-state index contributed by atoms with van der Waals surface area (Å²) in [6.45, 7) is 0. The van der Waals surface area contributed by atoms with Gasteiger partial charge >= 0.3 is 0 Å². The van der Waals surface area contributed by atoms with Crippen LogP contribution in [0.2, 0.25) is 0 Å². The van der Waals surface area contributed by atoms with Crippen molar-refractivity contribution in [2.45, 2.75) is 44.6 Å². The molecule has 1 aromatic rings. The fourth-order valence-electron chi connectivity index (χ4n) is 2.70. The van der Waals surface area contributed by atoms with Gasteiger partial charge in [0.15, 0.2) is 0 Å². The van der Waals surface area contributed by atoms with Crippen LogP contribution in [0, 0.1) is 0 Å². The average Bonchev–Trinajstić information content (AvgIpc) is 2.69. The van der Waals surface area contributed by atoms with Gasteiger partial charge in [0.25, 0.3) is 5.91 Å². The lowest BCUT2D eigenvalue weighted by molar-refractivity contribution is 0.0714. The Bertz CT molecular complexity index is 451. The number of carbonyl (C=O) groups is 1. The molecule has 1 saturated carbocycles. The number of phenols is 2. The largest absolute Gasteiger partial charge is 0.508 e. The highest BCUT2D eigenvalue weighted by Crippen LogP contribution is 2.26. The minimum Gasteiger partial charge on any atom is -0.508 e. The number of nitrogens with zero attached hydrogens (tertiary/aromatic N) is 1. The summed E-state index contributed by atoms with van der Waals surface area (Å²) in [7, 11) is 1.78. The Morgan fingerprint density at radius 3 is 2.42 bits per heavy atom. The van der Waals surface area contributed by atoms with Crippen LogP contribution in [0.25, 0.3) is 0 Å². The molecule has 0 bridgehead atoms. The van der Waals surface area contributed by atoms with Crippen molar-refractivity contribution >= 4 is 5.91 Å². The molecule has 0 saturated heterocycles. The maximum Gasteiger partial charge on any atom is 0.257 e. The van der Waals surface area contributed by atoms with Crippen LogP contribution in [0.15, 0.2) is 18.2 Å². The van der Waals surface area contributed by atoms with E-state index >= 15 is 0 Å². The summed E-state index contributed by atoms with van der Waals surface area (Å²) in [6.07, 6.45) is 6.79. The molecule has 104 valence electrons. The molecule has 0 spiro atoms. The van der Waals surface area contributed by atoms with Crippen molar-refractivity contribution in [3.05, 3.63) is 23.8 Å². The predicted molar refractivity (Wildman–Crippen MR) is 73.4 cm³/mol. The van der Waals surface area contributed by atoms with E-state index in [1.165, 1.54) is 31.0 Å². The van der Waals surface area contributed by atoms with E-state index in [1.54, 1.807) is 11.9 Å². The van der Waals surface area contributed by atoms with Crippen molar-refractivity contribution in [1.82, 2.24) is 4.90 Å². The zero-order chi connectivity index (χ0) is 13.8. The number of carbonyl (C=O) groups excluding carboxylic acids is 1. The SMILES string of the molecule is CN(C(=O)c1cc(O)ccc1O)C1CCCCCC1. The molecule has 1 aromatic carbocycles. The lowest BCUT2D eigenvalue weighted by Gasteiger charge is -2.27. The molecule has 1 fully saturated rings. The predicted octanol–water partition coefficient (Wildman–Crippen LogP) is 2.89. The highest BCUT2D eigenvalue weighted by atomic mass is 16.3. The lowest BCUT2D eigenvalue weighted by atomic mass is 10.1. The molecule has 2 N–H and O–H groups in total. The summed E-state index contributed by atoms with van der Waals surface area (Å²) in [5.74, 6) is -0.306. The number of phenolic OH excluding ortho intramolecular Hbond substituents is 2. The highest BCUT2D eigenvalue weighted by molar-refractivity contribution is 5.97. The lowest BCUT2D eigenvalue weighted by Crippen LogP contribution is -2.36. The fourth-order valence-corrected chi connectivity index (χ4v) is 2.70. The molecule has 4 heteroatoms. The van der Waals surface area contributed by atoms with Gasteiger partial charge in [0.2, 0.25) is 0 Å². The summed E-state index contributed by atoms with van der Waals surface area (Å²) >= 11 is 0. The molecular formula is C15H21NO3. The van der Waals surface area contributed by atoms with E-state index in [0.717, 1.165) is 25.7 Å². The fraction of sp³-hybridized carbons (Fsp3) is 0.533. The molecule has 1 amide bonds. The molecule has 0 radical (unpaired) electrons. The van der Waals surface area contributed by atoms with E-state index < -0.39 is 0 Å². The minimum atomic E-state index is -0.222. The van der Waals surface area contributed by atoms with Gasteiger partial charge in [0, 0.05) is 13.1 Å². The van der Waals surface area contributed by atoms with Crippen LogP contribution < -0.4 is 0 Å². The van der Waals surface area contributed by atoms with Crippen LogP contribution in [0.5, 0.6) is 11.5 Å². The Morgan fingerprint density at radius 2 is 1.79 bits per heavy atom. The Morgan fingerprint density at radius 1 is 1.16 bits per heavy atom. The average molecular weight is 263 g/mol. The van der Waals surface area contributed by atoms with E-state index in [-0.39, 0.29) is 29.0 Å². The standard InChI is InChI=1S/C15H21NO3/c1-16(11-6-4-2-3-5-7-11)15(19)13-10-12(17)8-9-14(13)18/h8-11,17-18H,2-7H2,1H3. The summed E-state index contributed by atoms with van der Waals surface area (Å²) < 4.78 is 0. The molecule has 0 aliphatic heterocycles. The molecule has 0 heterocycles. The molecule has 1 aliphatic rings. The van der Waals surface area contributed by atoms with Gasteiger partial charge in [-0.1, -0.05) is 25.7 Å². The number of hydrogen-bond donors (Lipinski definition) is 2. The first kappa shape index (κ1) is 13.7. The van der Waals surface area contributed by atoms with Crippen LogP contribution in [0.1, 0.15) is 48.9 Å². The van der Waals surface area contributed by atoms with Crippen molar-refractivity contribution in [1.29, 1.82) is 0 Å². The van der Waals surface area contributed by atoms with Crippen molar-refractivity contribution in [3.8, 4) is 11.5 Å². The number of benzene rings is 1. The maximum absolute atomic E-state index is 12.4. The minimum absolute atomic E-state index is 0.00424. The Labute approximate surface area is 113 Å². The Kier molecular flexibility index (Phi) is 4.30. The highest BCUT2D eigenvalue weighted by Gasteiger charge is 2.24. The summed E-state index contributed by atoms with van der Waals surface area (Å²) in [5.41, 5.74) is 0.173. The van der Waals surface area contributed by atoms with Gasteiger partial charge in [-0.25, -0.2) is 0 Å². The van der Waals surface area contributed by atoms with Gasteiger partial charge in [-0.2, -0.15) is 0 Å². The van der Waals surface area contributed by atoms with Crippen LogP contribution in [0.4, 0.5) is 0 Å². The van der Waals surface area contributed by atoms with E-state index in [1.807, 2.05) is 0 Å². The van der Waals surface area contributed by atoms with Gasteiger partial charge in [-0.05, 0) is 31.0 Å². The zero-order valence-electron chi connectivity index (χ0n) is 11.3. The first-order valence-electron chi connectivity index (χ1n) is 6.88. The second-order valence-electron chi connectivity index (χ2n) is 5.26. The van der Waals surface area contributed by atoms with Crippen LogP contribution in [-0.2, 0) is 0 Å². The zero-order valence-corrected chi connectivity index (χ0v) is 11.3. The molecule has 0 aromatic heterocycles. The van der Waals surface area contributed by atoms with Crippen molar-refractivity contribution < 1.29 is 15.0 Å². The van der Waals surface area contributed by atoms with E-state index in [9.17, 15) is 15.0 Å². The number of amides is 1. The third-order valence-electron chi connectivity index (χ3n) is 3.90. The van der Waals surface area contributed by atoms with Crippen LogP contribution in [-0.4, -0.2) is 34.1 Å². The Hall–Kier alpha value is -1.71. The second kappa shape index (κ2) is 5.95. The molecule has 0 atom stereocenters. The molecule has 4 nitrogen and oxygen atoms in total. The van der Waals surface area contributed by atoms with E-state index in [0.29, 0.717) is 0 Å². The first-order valence-corrected chi connectivity index (χ1v) is 6.88. The van der Waals surface area contributed by atoms with Gasteiger partial charge < -0.3 is 15.1 Å². The van der Waals surface area contributed by atoms with E-state index in [4.69, 9.17) is 0 Å². The molecule has 1 aliphatic carbocycles. The smallest absolute Gasteiger partial charge is 0.257 e. The van der Waals surface area contributed by atoms with Gasteiger partial charge in [-0.3, -0.25) is 4.79 Å². The van der Waals surface area contributed by atoms with Crippen molar-refractivity contribution in [3.63, 3.8) is 0 Å². The third-order valence-corrected chi connectivity index (χ3v) is 3.90. The monoisotopic (exact) mass is 263 g/mol. The Balaban J connectivity index is 2.15. The molecule has 2 rings (SSSR count). The summed E-state index contributed by atoms with van der Waals surface area (Å²) in [6, 6.07) is 4.28. The first-order chi connectivity index (χ1) is 9.09.